The molecule has 0 radical (unpaired) electrons. The van der Waals surface area contributed by atoms with Crippen LogP contribution in [0.5, 0.6) is 5.75 Å². The number of hydrogen-bond donors (Lipinski definition) is 2. The average Bonchev–Trinajstić information content (AvgIpc) is 3.21. The highest BCUT2D eigenvalue weighted by molar-refractivity contribution is 7.89. The van der Waals surface area contributed by atoms with Crippen LogP contribution in [0, 0.1) is 6.92 Å². The average molecular weight is 454 g/mol. The van der Waals surface area contributed by atoms with Crippen LogP contribution in [0.1, 0.15) is 21.7 Å². The first-order valence-electron chi connectivity index (χ1n) is 8.83. The van der Waals surface area contributed by atoms with Crippen LogP contribution in [-0.2, 0) is 16.6 Å². The van der Waals surface area contributed by atoms with Crippen LogP contribution < -0.4 is 14.8 Å². The quantitative estimate of drug-likeness (QED) is 0.557. The SMILES string of the molecule is Cc1ccc(S(=O)(=O)NCc2ccco2)cc1C(=O)Nc1ccc(OC(F)(F)F)cc1. The van der Waals surface area contributed by atoms with Crippen LogP contribution >= 0.6 is 0 Å². The topological polar surface area (TPSA) is 97.6 Å². The van der Waals surface area contributed by atoms with Gasteiger partial charge in [0.1, 0.15) is 11.5 Å². The third-order valence-electron chi connectivity index (χ3n) is 4.13. The number of anilines is 1. The fourth-order valence-corrected chi connectivity index (χ4v) is 3.63. The summed E-state index contributed by atoms with van der Waals surface area (Å²) in [4.78, 5) is 12.5. The molecule has 0 fully saturated rings. The number of carbonyl (C=O) groups excluding carboxylic acids is 1. The summed E-state index contributed by atoms with van der Waals surface area (Å²) in [5, 5.41) is 2.52. The Morgan fingerprint density at radius 2 is 1.81 bits per heavy atom. The Balaban J connectivity index is 1.74. The number of aryl methyl sites for hydroxylation is 1. The zero-order valence-corrected chi connectivity index (χ0v) is 16.9. The molecule has 0 unspecified atom stereocenters. The number of halogens is 3. The second-order valence-electron chi connectivity index (χ2n) is 6.41. The molecule has 2 N–H and O–H groups in total. The largest absolute Gasteiger partial charge is 0.573 e. The lowest BCUT2D eigenvalue weighted by atomic mass is 10.1. The van der Waals surface area contributed by atoms with Gasteiger partial charge in [0.25, 0.3) is 5.91 Å². The van der Waals surface area contributed by atoms with E-state index in [0.29, 0.717) is 11.3 Å². The van der Waals surface area contributed by atoms with E-state index in [9.17, 15) is 26.4 Å². The van der Waals surface area contributed by atoms with Gasteiger partial charge in [0.2, 0.25) is 10.0 Å². The van der Waals surface area contributed by atoms with Crippen LogP contribution in [0.3, 0.4) is 0 Å². The highest BCUT2D eigenvalue weighted by Crippen LogP contribution is 2.24. The van der Waals surface area contributed by atoms with Gasteiger partial charge < -0.3 is 14.5 Å². The van der Waals surface area contributed by atoms with Crippen LogP contribution in [-0.4, -0.2) is 20.7 Å². The van der Waals surface area contributed by atoms with E-state index in [0.717, 1.165) is 12.1 Å². The lowest BCUT2D eigenvalue weighted by Gasteiger charge is -2.12. The molecule has 0 aliphatic heterocycles. The minimum Gasteiger partial charge on any atom is -0.468 e. The van der Waals surface area contributed by atoms with Gasteiger partial charge in [0.05, 0.1) is 17.7 Å². The monoisotopic (exact) mass is 454 g/mol. The second-order valence-corrected chi connectivity index (χ2v) is 8.17. The Hall–Kier alpha value is -3.31. The summed E-state index contributed by atoms with van der Waals surface area (Å²) in [7, 11) is -3.92. The molecule has 3 aromatic rings. The van der Waals surface area contributed by atoms with E-state index in [2.05, 4.69) is 14.8 Å². The van der Waals surface area contributed by atoms with E-state index in [-0.39, 0.29) is 22.7 Å². The lowest BCUT2D eigenvalue weighted by Crippen LogP contribution is -2.24. The molecule has 0 saturated heterocycles. The molecular formula is C20H17F3N2O5S. The predicted octanol–water partition coefficient (Wildman–Crippen LogP) is 4.22. The van der Waals surface area contributed by atoms with E-state index in [1.54, 1.807) is 19.1 Å². The lowest BCUT2D eigenvalue weighted by molar-refractivity contribution is -0.274. The van der Waals surface area contributed by atoms with Crippen LogP contribution in [0.25, 0.3) is 0 Å². The first-order valence-corrected chi connectivity index (χ1v) is 10.3. The number of benzene rings is 2. The zero-order chi connectivity index (χ0) is 22.6. The van der Waals surface area contributed by atoms with E-state index in [1.165, 1.54) is 36.6 Å². The van der Waals surface area contributed by atoms with Gasteiger partial charge in [-0.1, -0.05) is 6.07 Å². The standard InChI is InChI=1S/C20H17F3N2O5S/c1-13-4-9-17(31(27,28)24-12-16-3-2-10-29-16)11-18(13)19(26)25-14-5-7-15(8-6-14)30-20(21,22)23/h2-11,24H,12H2,1H3,(H,25,26). The van der Waals surface area contributed by atoms with Gasteiger partial charge in [-0.3, -0.25) is 4.79 Å². The molecular weight excluding hydrogens is 437 g/mol. The Labute approximate surface area is 175 Å². The van der Waals surface area contributed by atoms with Crippen molar-refractivity contribution in [1.29, 1.82) is 0 Å². The Bertz CT molecular complexity index is 1160. The summed E-state index contributed by atoms with van der Waals surface area (Å²) in [6, 6.07) is 11.9. The molecule has 11 heteroatoms. The highest BCUT2D eigenvalue weighted by Gasteiger charge is 2.31. The van der Waals surface area contributed by atoms with Gasteiger partial charge in [-0.2, -0.15) is 0 Å². The fourth-order valence-electron chi connectivity index (χ4n) is 2.61. The van der Waals surface area contributed by atoms with Crippen molar-refractivity contribution in [3.05, 3.63) is 77.7 Å². The third kappa shape index (κ3) is 6.09. The Morgan fingerprint density at radius 1 is 1.10 bits per heavy atom. The van der Waals surface area contributed by atoms with E-state index < -0.39 is 28.0 Å². The van der Waals surface area contributed by atoms with Crippen molar-refractivity contribution in [3.8, 4) is 5.75 Å². The number of alkyl halides is 3. The molecule has 2 aromatic carbocycles. The van der Waals surface area contributed by atoms with Gasteiger partial charge in [0.15, 0.2) is 0 Å². The van der Waals surface area contributed by atoms with Gasteiger partial charge in [-0.05, 0) is 61.0 Å². The van der Waals surface area contributed by atoms with E-state index >= 15 is 0 Å². The molecule has 0 saturated carbocycles. The number of furan rings is 1. The number of sulfonamides is 1. The molecule has 1 amide bonds. The molecule has 164 valence electrons. The van der Waals surface area contributed by atoms with E-state index in [1.807, 2.05) is 0 Å². The first-order chi connectivity index (χ1) is 14.5. The van der Waals surface area contributed by atoms with E-state index in [4.69, 9.17) is 4.42 Å². The van der Waals surface area contributed by atoms with Crippen molar-refractivity contribution in [2.75, 3.05) is 5.32 Å². The van der Waals surface area contributed by atoms with Crippen LogP contribution in [0.2, 0.25) is 0 Å². The molecule has 0 aliphatic rings. The van der Waals surface area contributed by atoms with Crippen molar-refractivity contribution in [1.82, 2.24) is 4.72 Å². The summed E-state index contributed by atoms with van der Waals surface area (Å²) in [5.74, 6) is -0.630. The van der Waals surface area contributed by atoms with Crippen molar-refractivity contribution >= 4 is 21.6 Å². The second kappa shape index (κ2) is 8.82. The van der Waals surface area contributed by atoms with Crippen LogP contribution in [0.15, 0.2) is 70.2 Å². The van der Waals surface area contributed by atoms with Gasteiger partial charge in [-0.15, -0.1) is 13.2 Å². The number of ether oxygens (including phenoxy) is 1. The minimum absolute atomic E-state index is 0.0584. The number of nitrogens with one attached hydrogen (secondary N) is 2. The summed E-state index contributed by atoms with van der Waals surface area (Å²) < 4.78 is 73.0. The Kier molecular flexibility index (Phi) is 6.37. The molecule has 3 rings (SSSR count). The summed E-state index contributed by atoms with van der Waals surface area (Å²) in [6.45, 7) is 1.57. The molecule has 0 bridgehead atoms. The maximum absolute atomic E-state index is 12.6. The number of carbonyl (C=O) groups is 1. The smallest absolute Gasteiger partial charge is 0.468 e. The maximum Gasteiger partial charge on any atom is 0.573 e. The molecule has 0 aliphatic carbocycles. The minimum atomic E-state index is -4.82. The summed E-state index contributed by atoms with van der Waals surface area (Å²) in [5.41, 5.74) is 0.819. The normalized spacial score (nSPS) is 11.9. The molecule has 7 nitrogen and oxygen atoms in total. The van der Waals surface area contributed by atoms with Crippen molar-refractivity contribution in [3.63, 3.8) is 0 Å². The number of amides is 1. The van der Waals surface area contributed by atoms with Crippen LogP contribution in [0.4, 0.5) is 18.9 Å². The zero-order valence-electron chi connectivity index (χ0n) is 16.1. The van der Waals surface area contributed by atoms with Crippen molar-refractivity contribution < 1.29 is 35.5 Å². The van der Waals surface area contributed by atoms with Crippen molar-refractivity contribution in [2.24, 2.45) is 0 Å². The van der Waals surface area contributed by atoms with Gasteiger partial charge >= 0.3 is 6.36 Å². The van der Waals surface area contributed by atoms with Gasteiger partial charge in [-0.25, -0.2) is 13.1 Å². The molecule has 1 aromatic heterocycles. The molecule has 31 heavy (non-hydrogen) atoms. The van der Waals surface area contributed by atoms with Crippen molar-refractivity contribution in [2.45, 2.75) is 24.7 Å². The summed E-state index contributed by atoms with van der Waals surface area (Å²) >= 11 is 0. The predicted molar refractivity (Wildman–Crippen MR) is 105 cm³/mol. The Morgan fingerprint density at radius 3 is 2.42 bits per heavy atom. The molecule has 0 spiro atoms. The molecule has 0 atom stereocenters. The first kappa shape index (κ1) is 22.4. The third-order valence-corrected chi connectivity index (χ3v) is 5.53. The fraction of sp³-hybridized carbons (Fsp3) is 0.150. The molecule has 1 heterocycles. The highest BCUT2D eigenvalue weighted by atomic mass is 32.2. The number of hydrogen-bond acceptors (Lipinski definition) is 5. The maximum atomic E-state index is 12.6. The van der Waals surface area contributed by atoms with Gasteiger partial charge in [0, 0.05) is 11.3 Å². The summed E-state index contributed by atoms with van der Waals surface area (Å²) in [6.07, 6.45) is -3.40. The number of rotatable bonds is 7.